The molecule has 0 aliphatic carbocycles. The fourth-order valence-corrected chi connectivity index (χ4v) is 9.49. The monoisotopic (exact) mass is 815 g/mol. The maximum atomic E-state index is 6.40. The highest BCUT2D eigenvalue weighted by Crippen LogP contribution is 2.46. The van der Waals surface area contributed by atoms with E-state index in [-0.39, 0.29) is 0 Å². The Morgan fingerprint density at radius 1 is 0.266 bits per heavy atom. The molecule has 0 radical (unpaired) electrons. The predicted molar refractivity (Wildman–Crippen MR) is 271 cm³/mol. The topological polar surface area (TPSA) is 16.4 Å². The SMILES string of the molecule is c1cc(-c2ccc(-c3ccc4ccccc4c3)cc2)cc(N(c2ccc(-c3ccc(-c4cccc5ccccc45)cc3)cc2)c2ccccc2-c2cccc3oc4ccccc4c23)c1. The minimum Gasteiger partial charge on any atom is -0.456 e. The third-order valence-electron chi connectivity index (χ3n) is 12.7. The molecule has 0 atom stereocenters. The Bertz CT molecular complexity index is 3650. The molecule has 0 N–H and O–H groups in total. The van der Waals surface area contributed by atoms with E-state index in [9.17, 15) is 0 Å². The van der Waals surface area contributed by atoms with Crippen LogP contribution in [0.15, 0.2) is 253 Å². The fraction of sp³-hybridized carbons (Fsp3) is 0. The van der Waals surface area contributed by atoms with Crippen molar-refractivity contribution in [3.05, 3.63) is 249 Å². The van der Waals surface area contributed by atoms with E-state index in [1.54, 1.807) is 0 Å². The second kappa shape index (κ2) is 15.8. The van der Waals surface area contributed by atoms with Gasteiger partial charge in [0.05, 0.1) is 5.69 Å². The molecule has 1 heterocycles. The van der Waals surface area contributed by atoms with Gasteiger partial charge in [0.15, 0.2) is 0 Å². The van der Waals surface area contributed by atoms with E-state index in [0.29, 0.717) is 0 Å². The van der Waals surface area contributed by atoms with Crippen LogP contribution in [-0.2, 0) is 0 Å². The first kappa shape index (κ1) is 37.3. The summed E-state index contributed by atoms with van der Waals surface area (Å²) < 4.78 is 6.40. The molecule has 0 bridgehead atoms. The van der Waals surface area contributed by atoms with Crippen molar-refractivity contribution in [2.75, 3.05) is 4.90 Å². The average Bonchev–Trinajstić information content (AvgIpc) is 3.76. The van der Waals surface area contributed by atoms with Crippen LogP contribution < -0.4 is 4.90 Å². The molecular formula is C62H41NO. The maximum Gasteiger partial charge on any atom is 0.136 e. The number of para-hydroxylation sites is 2. The van der Waals surface area contributed by atoms with E-state index in [4.69, 9.17) is 4.42 Å². The van der Waals surface area contributed by atoms with Crippen LogP contribution in [0.2, 0.25) is 0 Å². The minimum absolute atomic E-state index is 0.880. The van der Waals surface area contributed by atoms with E-state index in [1.807, 2.05) is 6.07 Å². The number of furan rings is 1. The molecule has 0 saturated carbocycles. The standard InChI is InChI=1S/C62H41NO/c1-2-14-49-40-51(35-32-42(49)12-1)46-28-26-45(27-29-46)50-16-9-17-53(41-50)63(59-23-7-5-19-56(59)57-22-11-25-61-62(57)58-20-6-8-24-60(58)64-61)52-38-36-44(37-39-52)43-30-33-48(34-31-43)55-21-10-15-47-13-3-4-18-54(47)55/h1-41H. The highest BCUT2D eigenvalue weighted by atomic mass is 16.3. The molecule has 0 aliphatic heterocycles. The zero-order valence-electron chi connectivity index (χ0n) is 35.0. The van der Waals surface area contributed by atoms with Gasteiger partial charge in [-0.1, -0.05) is 200 Å². The van der Waals surface area contributed by atoms with Gasteiger partial charge in [-0.05, 0) is 120 Å². The van der Waals surface area contributed by atoms with Crippen molar-refractivity contribution in [2.45, 2.75) is 0 Å². The summed E-state index contributed by atoms with van der Waals surface area (Å²) in [5, 5.41) is 7.24. The van der Waals surface area contributed by atoms with Crippen LogP contribution in [0.4, 0.5) is 17.1 Å². The van der Waals surface area contributed by atoms with Crippen molar-refractivity contribution in [1.29, 1.82) is 0 Å². The summed E-state index contributed by atoms with van der Waals surface area (Å²) in [6.45, 7) is 0. The molecular weight excluding hydrogens is 775 g/mol. The zero-order valence-corrected chi connectivity index (χ0v) is 35.0. The maximum absolute atomic E-state index is 6.40. The quantitative estimate of drug-likeness (QED) is 0.152. The fourth-order valence-electron chi connectivity index (χ4n) is 9.49. The van der Waals surface area contributed by atoms with E-state index < -0.39 is 0 Å². The van der Waals surface area contributed by atoms with Crippen LogP contribution in [0.25, 0.3) is 99.1 Å². The summed E-state index contributed by atoms with van der Waals surface area (Å²) in [4.78, 5) is 2.40. The Hall–Kier alpha value is -8.46. The normalized spacial score (nSPS) is 11.4. The summed E-state index contributed by atoms with van der Waals surface area (Å²) >= 11 is 0. The first-order valence-electron chi connectivity index (χ1n) is 21.9. The van der Waals surface area contributed by atoms with Crippen molar-refractivity contribution < 1.29 is 4.42 Å². The van der Waals surface area contributed by atoms with Gasteiger partial charge in [0.1, 0.15) is 11.2 Å². The Labute approximate surface area is 372 Å². The van der Waals surface area contributed by atoms with Gasteiger partial charge < -0.3 is 9.32 Å². The molecule has 0 saturated heterocycles. The molecule has 12 aromatic rings. The summed E-state index contributed by atoms with van der Waals surface area (Å²) in [5.41, 5.74) is 16.8. The van der Waals surface area contributed by atoms with Gasteiger partial charge in [-0.25, -0.2) is 0 Å². The predicted octanol–water partition coefficient (Wildman–Crippen LogP) is 17.7. The Morgan fingerprint density at radius 3 is 1.58 bits per heavy atom. The zero-order chi connectivity index (χ0) is 42.4. The van der Waals surface area contributed by atoms with Crippen LogP contribution in [-0.4, -0.2) is 0 Å². The highest BCUT2D eigenvalue weighted by molar-refractivity contribution is 6.14. The molecule has 300 valence electrons. The minimum atomic E-state index is 0.880. The van der Waals surface area contributed by atoms with E-state index in [0.717, 1.165) is 66.8 Å². The Kier molecular flexibility index (Phi) is 9.20. The highest BCUT2D eigenvalue weighted by Gasteiger charge is 2.21. The van der Waals surface area contributed by atoms with Crippen LogP contribution in [0.5, 0.6) is 0 Å². The summed E-state index contributed by atoms with van der Waals surface area (Å²) in [5.74, 6) is 0. The molecule has 11 aromatic carbocycles. The lowest BCUT2D eigenvalue weighted by Gasteiger charge is -2.28. The molecule has 2 nitrogen and oxygen atoms in total. The van der Waals surface area contributed by atoms with Gasteiger partial charge in [-0.15, -0.1) is 0 Å². The average molecular weight is 816 g/mol. The van der Waals surface area contributed by atoms with Gasteiger partial charge in [0, 0.05) is 27.7 Å². The largest absolute Gasteiger partial charge is 0.456 e. The van der Waals surface area contributed by atoms with E-state index in [1.165, 1.54) is 49.4 Å². The number of rotatable bonds is 8. The van der Waals surface area contributed by atoms with Crippen LogP contribution in [0.3, 0.4) is 0 Å². The van der Waals surface area contributed by atoms with Crippen LogP contribution >= 0.6 is 0 Å². The molecule has 0 amide bonds. The van der Waals surface area contributed by atoms with Crippen molar-refractivity contribution in [3.63, 3.8) is 0 Å². The molecule has 0 fully saturated rings. The van der Waals surface area contributed by atoms with Gasteiger partial charge in [0.25, 0.3) is 0 Å². The number of hydrogen-bond donors (Lipinski definition) is 0. The molecule has 64 heavy (non-hydrogen) atoms. The van der Waals surface area contributed by atoms with Gasteiger partial charge >= 0.3 is 0 Å². The van der Waals surface area contributed by atoms with Gasteiger partial charge in [-0.2, -0.15) is 0 Å². The Morgan fingerprint density at radius 2 is 0.781 bits per heavy atom. The number of nitrogens with zero attached hydrogens (tertiary/aromatic N) is 1. The van der Waals surface area contributed by atoms with E-state index >= 15 is 0 Å². The van der Waals surface area contributed by atoms with E-state index in [2.05, 4.69) is 248 Å². The number of anilines is 3. The molecule has 0 spiro atoms. The molecule has 12 rings (SSSR count). The molecule has 0 aliphatic rings. The summed E-state index contributed by atoms with van der Waals surface area (Å²) in [7, 11) is 0. The Balaban J connectivity index is 0.948. The third-order valence-corrected chi connectivity index (χ3v) is 12.7. The van der Waals surface area contributed by atoms with Crippen molar-refractivity contribution in [2.24, 2.45) is 0 Å². The van der Waals surface area contributed by atoms with Crippen LogP contribution in [0.1, 0.15) is 0 Å². The first-order valence-corrected chi connectivity index (χ1v) is 21.9. The second-order valence-corrected chi connectivity index (χ2v) is 16.5. The number of fused-ring (bicyclic) bond motifs is 5. The van der Waals surface area contributed by atoms with Crippen molar-refractivity contribution in [1.82, 2.24) is 0 Å². The van der Waals surface area contributed by atoms with Crippen LogP contribution in [0, 0.1) is 0 Å². The molecule has 1 aromatic heterocycles. The third kappa shape index (κ3) is 6.70. The second-order valence-electron chi connectivity index (χ2n) is 16.5. The summed E-state index contributed by atoms with van der Waals surface area (Å²) in [6, 6.07) is 89.7. The number of benzene rings is 11. The van der Waals surface area contributed by atoms with Gasteiger partial charge in [-0.3, -0.25) is 0 Å². The first-order chi connectivity index (χ1) is 31.7. The lowest BCUT2D eigenvalue weighted by molar-refractivity contribution is 0.669. The molecule has 2 heteroatoms. The van der Waals surface area contributed by atoms with Crippen molar-refractivity contribution >= 4 is 60.5 Å². The lowest BCUT2D eigenvalue weighted by atomic mass is 9.95. The van der Waals surface area contributed by atoms with Gasteiger partial charge in [0.2, 0.25) is 0 Å². The summed E-state index contributed by atoms with van der Waals surface area (Å²) in [6.07, 6.45) is 0. The molecule has 0 unspecified atom stereocenters. The smallest absolute Gasteiger partial charge is 0.136 e. The number of hydrogen-bond acceptors (Lipinski definition) is 2. The lowest BCUT2D eigenvalue weighted by Crippen LogP contribution is -2.11. The van der Waals surface area contributed by atoms with Crippen molar-refractivity contribution in [3.8, 4) is 55.6 Å².